The summed E-state index contributed by atoms with van der Waals surface area (Å²) in [5.41, 5.74) is 0.687. The minimum absolute atomic E-state index is 0.687. The quantitative estimate of drug-likeness (QED) is 0.706. The fourth-order valence-electron chi connectivity index (χ4n) is 4.11. The summed E-state index contributed by atoms with van der Waals surface area (Å²) < 4.78 is 0. The first-order valence-electron chi connectivity index (χ1n) is 7.50. The van der Waals surface area contributed by atoms with E-state index in [9.17, 15) is 0 Å². The van der Waals surface area contributed by atoms with Crippen LogP contribution in [0.1, 0.15) is 33.1 Å². The van der Waals surface area contributed by atoms with E-state index in [1.54, 1.807) is 6.42 Å². The van der Waals surface area contributed by atoms with E-state index in [4.69, 9.17) is 0 Å². The molecule has 2 heteroatoms. The molecule has 0 aromatic heterocycles. The Labute approximate surface area is 109 Å². The van der Waals surface area contributed by atoms with Crippen LogP contribution in [0.3, 0.4) is 0 Å². The average Bonchev–Trinajstić information content (AvgIpc) is 2.71. The fourth-order valence-corrected chi connectivity index (χ4v) is 6.77. The van der Waals surface area contributed by atoms with Gasteiger partial charge >= 0.3 is 0 Å². The van der Waals surface area contributed by atoms with E-state index in [1.807, 2.05) is 0 Å². The number of fused-ring (bicyclic) bond motifs is 1. The summed E-state index contributed by atoms with van der Waals surface area (Å²) in [7, 11) is -0.921. The Balaban J connectivity index is 1.89. The first-order valence-corrected chi connectivity index (χ1v) is 11.2. The van der Waals surface area contributed by atoms with Gasteiger partial charge in [0.1, 0.15) is 0 Å². The number of rotatable bonds is 6. The molecule has 0 radical (unpaired) electrons. The third-order valence-corrected chi connectivity index (χ3v) is 6.23. The van der Waals surface area contributed by atoms with Crippen molar-refractivity contribution < 1.29 is 0 Å². The SMILES string of the molecule is CC(C)CNCC1(C[Si](C)(C)C)CC2CC2C1. The first kappa shape index (κ1) is 13.6. The third kappa shape index (κ3) is 3.82. The Morgan fingerprint density at radius 1 is 1.18 bits per heavy atom. The molecule has 2 unspecified atom stereocenters. The number of hydrogen-bond donors (Lipinski definition) is 1. The van der Waals surface area contributed by atoms with Gasteiger partial charge in [-0.2, -0.15) is 0 Å². The molecule has 2 atom stereocenters. The van der Waals surface area contributed by atoms with Crippen LogP contribution in [-0.4, -0.2) is 21.2 Å². The van der Waals surface area contributed by atoms with Crippen LogP contribution in [-0.2, 0) is 0 Å². The van der Waals surface area contributed by atoms with Gasteiger partial charge in [0.25, 0.3) is 0 Å². The van der Waals surface area contributed by atoms with Crippen molar-refractivity contribution in [3.05, 3.63) is 0 Å². The van der Waals surface area contributed by atoms with Gasteiger partial charge in [-0.15, -0.1) is 0 Å². The molecule has 0 heterocycles. The van der Waals surface area contributed by atoms with Crippen molar-refractivity contribution in [2.24, 2.45) is 23.2 Å². The van der Waals surface area contributed by atoms with E-state index in [0.29, 0.717) is 5.41 Å². The summed E-state index contributed by atoms with van der Waals surface area (Å²) in [6.07, 6.45) is 4.62. The Bertz CT molecular complexity index is 257. The second-order valence-corrected chi connectivity index (χ2v) is 13.9. The molecule has 0 saturated heterocycles. The van der Waals surface area contributed by atoms with Crippen molar-refractivity contribution >= 4 is 8.07 Å². The molecule has 0 aliphatic heterocycles. The van der Waals surface area contributed by atoms with Crippen molar-refractivity contribution in [3.8, 4) is 0 Å². The van der Waals surface area contributed by atoms with Gasteiger partial charge in [-0.1, -0.05) is 39.5 Å². The highest BCUT2D eigenvalue weighted by atomic mass is 28.3. The molecule has 0 amide bonds. The third-order valence-electron chi connectivity index (χ3n) is 4.42. The van der Waals surface area contributed by atoms with Gasteiger partial charge in [0.15, 0.2) is 0 Å². The van der Waals surface area contributed by atoms with Gasteiger partial charge < -0.3 is 5.32 Å². The van der Waals surface area contributed by atoms with Crippen molar-refractivity contribution in [3.63, 3.8) is 0 Å². The van der Waals surface area contributed by atoms with Crippen LogP contribution < -0.4 is 5.32 Å². The minimum Gasteiger partial charge on any atom is -0.316 e. The molecule has 2 fully saturated rings. The van der Waals surface area contributed by atoms with E-state index in [2.05, 4.69) is 38.8 Å². The Hall–Kier alpha value is 0.177. The normalized spacial score (nSPS) is 36.4. The molecular weight excluding hydrogens is 222 g/mol. The van der Waals surface area contributed by atoms with Crippen molar-refractivity contribution in [1.29, 1.82) is 0 Å². The smallest absolute Gasteiger partial charge is 0.0448 e. The van der Waals surface area contributed by atoms with E-state index < -0.39 is 8.07 Å². The van der Waals surface area contributed by atoms with Crippen molar-refractivity contribution in [1.82, 2.24) is 5.32 Å². The maximum absolute atomic E-state index is 3.75. The molecular formula is C15H31NSi. The van der Waals surface area contributed by atoms with E-state index >= 15 is 0 Å². The van der Waals surface area contributed by atoms with Crippen molar-refractivity contribution in [2.75, 3.05) is 13.1 Å². The molecule has 1 nitrogen and oxygen atoms in total. The average molecular weight is 254 g/mol. The minimum atomic E-state index is -0.921. The van der Waals surface area contributed by atoms with Gasteiger partial charge in [-0.25, -0.2) is 0 Å². The zero-order chi connectivity index (χ0) is 12.7. The molecule has 2 rings (SSSR count). The molecule has 17 heavy (non-hydrogen) atoms. The first-order chi connectivity index (χ1) is 7.80. The van der Waals surface area contributed by atoms with Gasteiger partial charge in [0.2, 0.25) is 0 Å². The van der Waals surface area contributed by atoms with E-state index in [1.165, 1.54) is 32.0 Å². The maximum atomic E-state index is 3.75. The summed E-state index contributed by atoms with van der Waals surface area (Å²) in [5, 5.41) is 3.75. The summed E-state index contributed by atoms with van der Waals surface area (Å²) in [6.45, 7) is 14.7. The highest BCUT2D eigenvalue weighted by Gasteiger charge is 2.54. The van der Waals surface area contributed by atoms with Crippen LogP contribution in [0.2, 0.25) is 25.7 Å². The molecule has 1 N–H and O–H groups in total. The lowest BCUT2D eigenvalue weighted by Crippen LogP contribution is -2.40. The molecule has 100 valence electrons. The Kier molecular flexibility index (Phi) is 3.76. The zero-order valence-corrected chi connectivity index (χ0v) is 13.5. The summed E-state index contributed by atoms with van der Waals surface area (Å²) in [4.78, 5) is 0. The standard InChI is InChI=1S/C15H31NSi/c1-12(2)9-16-10-15(11-17(3,4)5)7-13-6-14(13)8-15/h12-14,16H,6-11H2,1-5H3. The topological polar surface area (TPSA) is 12.0 Å². The van der Waals surface area contributed by atoms with Gasteiger partial charge in [0, 0.05) is 14.6 Å². The summed E-state index contributed by atoms with van der Waals surface area (Å²) in [5.74, 6) is 3.02. The van der Waals surface area contributed by atoms with Gasteiger partial charge in [0.05, 0.1) is 0 Å². The molecule has 0 aromatic carbocycles. The second-order valence-electron chi connectivity index (χ2n) is 8.43. The predicted octanol–water partition coefficient (Wildman–Crippen LogP) is 3.99. The monoisotopic (exact) mass is 253 g/mol. The molecule has 0 bridgehead atoms. The van der Waals surface area contributed by atoms with Crippen LogP contribution >= 0.6 is 0 Å². The molecule has 2 aliphatic carbocycles. The molecule has 2 saturated carbocycles. The molecule has 2 aliphatic rings. The number of nitrogens with one attached hydrogen (secondary N) is 1. The lowest BCUT2D eigenvalue weighted by Gasteiger charge is -2.36. The number of hydrogen-bond acceptors (Lipinski definition) is 1. The van der Waals surface area contributed by atoms with E-state index in [0.717, 1.165) is 17.8 Å². The highest BCUT2D eigenvalue weighted by molar-refractivity contribution is 6.76. The molecule has 0 aromatic rings. The maximum Gasteiger partial charge on any atom is 0.0448 e. The predicted molar refractivity (Wildman–Crippen MR) is 79.1 cm³/mol. The van der Waals surface area contributed by atoms with Gasteiger partial charge in [-0.3, -0.25) is 0 Å². The Morgan fingerprint density at radius 3 is 2.24 bits per heavy atom. The van der Waals surface area contributed by atoms with Crippen LogP contribution in [0.15, 0.2) is 0 Å². The second kappa shape index (κ2) is 4.69. The lowest BCUT2D eigenvalue weighted by atomic mass is 9.84. The van der Waals surface area contributed by atoms with Crippen LogP contribution in [0.4, 0.5) is 0 Å². The fraction of sp³-hybridized carbons (Fsp3) is 1.00. The summed E-state index contributed by atoms with van der Waals surface area (Å²) in [6, 6.07) is 1.54. The van der Waals surface area contributed by atoms with Gasteiger partial charge in [-0.05, 0) is 49.0 Å². The van der Waals surface area contributed by atoms with Crippen LogP contribution in [0, 0.1) is 23.2 Å². The van der Waals surface area contributed by atoms with Crippen LogP contribution in [0.5, 0.6) is 0 Å². The largest absolute Gasteiger partial charge is 0.316 e. The Morgan fingerprint density at radius 2 is 1.76 bits per heavy atom. The summed E-state index contributed by atoms with van der Waals surface area (Å²) >= 11 is 0. The van der Waals surface area contributed by atoms with E-state index in [-0.39, 0.29) is 0 Å². The van der Waals surface area contributed by atoms with Crippen molar-refractivity contribution in [2.45, 2.75) is 58.8 Å². The molecule has 0 spiro atoms. The highest BCUT2D eigenvalue weighted by Crippen LogP contribution is 2.61. The van der Waals surface area contributed by atoms with Crippen LogP contribution in [0.25, 0.3) is 0 Å². The zero-order valence-electron chi connectivity index (χ0n) is 12.5. The lowest BCUT2D eigenvalue weighted by molar-refractivity contribution is 0.275.